The highest BCUT2D eigenvalue weighted by molar-refractivity contribution is 5.80. The molecule has 2 aliphatic rings. The normalized spacial score (nSPS) is 25.5. The fourth-order valence-electron chi connectivity index (χ4n) is 3.72. The van der Waals surface area contributed by atoms with Gasteiger partial charge in [0.2, 0.25) is 5.91 Å². The molecule has 0 aliphatic carbocycles. The number of anilines is 1. The maximum atomic E-state index is 12.8. The molecular weight excluding hydrogens is 322 g/mol. The molecule has 0 aromatic carbocycles. The van der Waals surface area contributed by atoms with E-state index in [1.54, 1.807) is 12.5 Å². The van der Waals surface area contributed by atoms with Gasteiger partial charge in [-0.3, -0.25) is 9.20 Å². The van der Waals surface area contributed by atoms with Gasteiger partial charge in [-0.2, -0.15) is 0 Å². The van der Waals surface area contributed by atoms with Crippen molar-refractivity contribution in [2.24, 2.45) is 5.92 Å². The van der Waals surface area contributed by atoms with Crippen LogP contribution in [0.2, 0.25) is 0 Å². The minimum atomic E-state index is -0.529. The molecule has 0 bridgehead atoms. The van der Waals surface area contributed by atoms with Crippen LogP contribution in [0.4, 0.5) is 5.82 Å². The molecule has 1 N–H and O–H groups in total. The summed E-state index contributed by atoms with van der Waals surface area (Å²) in [6.45, 7) is 4.25. The Morgan fingerprint density at radius 3 is 2.84 bits per heavy atom. The molecule has 2 aliphatic heterocycles. The molecule has 2 saturated heterocycles. The number of aliphatic hydroxyl groups is 1. The molecule has 0 spiro atoms. The number of carbonyl (C=O) groups excluding carboxylic acids is 1. The first-order valence-electron chi connectivity index (χ1n) is 8.68. The Balaban J connectivity index is 1.43. The van der Waals surface area contributed by atoms with Gasteiger partial charge in [0.05, 0.1) is 12.0 Å². The smallest absolute Gasteiger partial charge is 0.256 e. The second-order valence-electron chi connectivity index (χ2n) is 6.84. The molecule has 134 valence electrons. The number of rotatable bonds is 2. The SMILES string of the molecule is CN1CC[C@H](O)[C@H](C(=O)N2CCN(c3ccnc4nncn34)CC2)C1. The van der Waals surface area contributed by atoms with Crippen LogP contribution in [-0.4, -0.2) is 92.8 Å². The summed E-state index contributed by atoms with van der Waals surface area (Å²) in [5.41, 5.74) is 0. The molecule has 4 heterocycles. The van der Waals surface area contributed by atoms with E-state index in [4.69, 9.17) is 0 Å². The summed E-state index contributed by atoms with van der Waals surface area (Å²) < 4.78 is 1.86. The Morgan fingerprint density at radius 2 is 2.04 bits per heavy atom. The number of fused-ring (bicyclic) bond motifs is 1. The number of likely N-dealkylation sites (tertiary alicyclic amines) is 1. The van der Waals surface area contributed by atoms with Crippen molar-refractivity contribution < 1.29 is 9.90 Å². The first-order chi connectivity index (χ1) is 12.1. The van der Waals surface area contributed by atoms with Gasteiger partial charge in [0.15, 0.2) is 0 Å². The summed E-state index contributed by atoms with van der Waals surface area (Å²) in [6.07, 6.45) is 3.52. The fraction of sp³-hybridized carbons (Fsp3) is 0.625. The highest BCUT2D eigenvalue weighted by atomic mass is 16.3. The van der Waals surface area contributed by atoms with Gasteiger partial charge in [-0.1, -0.05) is 0 Å². The van der Waals surface area contributed by atoms with Gasteiger partial charge in [-0.25, -0.2) is 4.98 Å². The van der Waals surface area contributed by atoms with E-state index in [-0.39, 0.29) is 11.8 Å². The van der Waals surface area contributed by atoms with Crippen LogP contribution in [0.25, 0.3) is 5.78 Å². The van der Waals surface area contributed by atoms with Gasteiger partial charge in [0.1, 0.15) is 12.1 Å². The lowest BCUT2D eigenvalue weighted by Gasteiger charge is -2.40. The van der Waals surface area contributed by atoms with Crippen LogP contribution in [0.5, 0.6) is 0 Å². The molecule has 2 fully saturated rings. The number of hydrogen-bond donors (Lipinski definition) is 1. The van der Waals surface area contributed by atoms with Crippen molar-refractivity contribution >= 4 is 17.5 Å². The molecule has 1 amide bonds. The van der Waals surface area contributed by atoms with E-state index in [9.17, 15) is 9.90 Å². The van der Waals surface area contributed by atoms with Crippen molar-refractivity contribution in [2.75, 3.05) is 51.2 Å². The quantitative estimate of drug-likeness (QED) is 0.753. The highest BCUT2D eigenvalue weighted by Gasteiger charge is 2.35. The molecule has 9 nitrogen and oxygen atoms in total. The van der Waals surface area contributed by atoms with Gasteiger partial charge >= 0.3 is 0 Å². The van der Waals surface area contributed by atoms with Crippen molar-refractivity contribution in [1.29, 1.82) is 0 Å². The standard InChI is InChI=1S/C16H23N7O2/c1-20-5-3-13(24)12(10-20)15(25)22-8-6-21(7-9-22)14-2-4-17-16-19-18-11-23(14)16/h2,4,11-13,24H,3,5-10H2,1H3/t12-,13+/m1/s1. The predicted molar refractivity (Wildman–Crippen MR) is 91.2 cm³/mol. The molecular formula is C16H23N7O2. The van der Waals surface area contributed by atoms with Crippen LogP contribution >= 0.6 is 0 Å². The lowest BCUT2D eigenvalue weighted by molar-refractivity contribution is -0.142. The van der Waals surface area contributed by atoms with Crippen LogP contribution < -0.4 is 4.90 Å². The summed E-state index contributed by atoms with van der Waals surface area (Å²) in [5.74, 6) is 1.32. The minimum Gasteiger partial charge on any atom is -0.392 e. The average molecular weight is 345 g/mol. The number of aliphatic hydroxyl groups excluding tert-OH is 1. The van der Waals surface area contributed by atoms with Crippen LogP contribution in [-0.2, 0) is 4.79 Å². The van der Waals surface area contributed by atoms with Crippen molar-refractivity contribution in [2.45, 2.75) is 12.5 Å². The zero-order valence-corrected chi connectivity index (χ0v) is 14.3. The molecule has 25 heavy (non-hydrogen) atoms. The summed E-state index contributed by atoms with van der Waals surface area (Å²) in [4.78, 5) is 23.2. The molecule has 9 heteroatoms. The van der Waals surface area contributed by atoms with Crippen molar-refractivity contribution in [3.63, 3.8) is 0 Å². The van der Waals surface area contributed by atoms with Crippen molar-refractivity contribution in [3.05, 3.63) is 18.6 Å². The van der Waals surface area contributed by atoms with Crippen LogP contribution in [0.1, 0.15) is 6.42 Å². The maximum absolute atomic E-state index is 12.8. The second-order valence-corrected chi connectivity index (χ2v) is 6.84. The topological polar surface area (TPSA) is 90.1 Å². The van der Waals surface area contributed by atoms with Gasteiger partial charge in [-0.05, 0) is 19.5 Å². The molecule has 2 atom stereocenters. The molecule has 0 radical (unpaired) electrons. The first kappa shape index (κ1) is 16.2. The summed E-state index contributed by atoms with van der Waals surface area (Å²) in [5, 5.41) is 18.1. The third-order valence-corrected chi connectivity index (χ3v) is 5.20. The molecule has 0 saturated carbocycles. The van der Waals surface area contributed by atoms with Gasteiger partial charge < -0.3 is 19.8 Å². The molecule has 2 aromatic heterocycles. The minimum absolute atomic E-state index is 0.0721. The van der Waals surface area contributed by atoms with Gasteiger partial charge in [0.25, 0.3) is 5.78 Å². The number of piperazine rings is 1. The van der Waals surface area contributed by atoms with E-state index in [2.05, 4.69) is 25.0 Å². The van der Waals surface area contributed by atoms with Crippen LogP contribution in [0, 0.1) is 5.92 Å². The van der Waals surface area contributed by atoms with E-state index in [0.29, 0.717) is 31.8 Å². The molecule has 2 aromatic rings. The third kappa shape index (κ3) is 3.05. The second kappa shape index (κ2) is 6.57. The highest BCUT2D eigenvalue weighted by Crippen LogP contribution is 2.21. The Morgan fingerprint density at radius 1 is 1.24 bits per heavy atom. The Kier molecular flexibility index (Phi) is 4.26. The molecule has 4 rings (SSSR count). The number of nitrogens with zero attached hydrogens (tertiary/aromatic N) is 7. The zero-order chi connectivity index (χ0) is 17.4. The summed E-state index contributed by atoms with van der Waals surface area (Å²) in [6, 6.07) is 1.94. The average Bonchev–Trinajstić information content (AvgIpc) is 3.12. The van der Waals surface area contributed by atoms with E-state index in [0.717, 1.165) is 25.5 Å². The van der Waals surface area contributed by atoms with Crippen molar-refractivity contribution in [1.82, 2.24) is 29.4 Å². The summed E-state index contributed by atoms with van der Waals surface area (Å²) in [7, 11) is 2.00. The monoisotopic (exact) mass is 345 g/mol. The number of hydrogen-bond acceptors (Lipinski definition) is 7. The van der Waals surface area contributed by atoms with E-state index < -0.39 is 6.10 Å². The Labute approximate surface area is 145 Å². The van der Waals surface area contributed by atoms with Crippen LogP contribution in [0.15, 0.2) is 18.6 Å². The Bertz CT molecular complexity index is 756. The van der Waals surface area contributed by atoms with E-state index in [1.807, 2.05) is 22.4 Å². The van der Waals surface area contributed by atoms with E-state index >= 15 is 0 Å². The lowest BCUT2D eigenvalue weighted by Crippen LogP contribution is -2.55. The number of carbonyl (C=O) groups is 1. The first-order valence-corrected chi connectivity index (χ1v) is 8.68. The summed E-state index contributed by atoms with van der Waals surface area (Å²) >= 11 is 0. The van der Waals surface area contributed by atoms with E-state index in [1.165, 1.54) is 0 Å². The number of piperidine rings is 1. The maximum Gasteiger partial charge on any atom is 0.256 e. The third-order valence-electron chi connectivity index (χ3n) is 5.20. The number of aromatic nitrogens is 4. The molecule has 0 unspecified atom stereocenters. The lowest BCUT2D eigenvalue weighted by atomic mass is 9.93. The van der Waals surface area contributed by atoms with Crippen molar-refractivity contribution in [3.8, 4) is 0 Å². The van der Waals surface area contributed by atoms with Gasteiger partial charge in [0, 0.05) is 45.5 Å². The number of amides is 1. The predicted octanol–water partition coefficient (Wildman–Crippen LogP) is -0.914. The fourth-order valence-corrected chi connectivity index (χ4v) is 3.72. The largest absolute Gasteiger partial charge is 0.392 e. The zero-order valence-electron chi connectivity index (χ0n) is 14.3. The van der Waals surface area contributed by atoms with Gasteiger partial charge in [-0.15, -0.1) is 10.2 Å². The van der Waals surface area contributed by atoms with Crippen LogP contribution in [0.3, 0.4) is 0 Å². The Hall–Kier alpha value is -2.26.